The Bertz CT molecular complexity index is 1320. The van der Waals surface area contributed by atoms with E-state index in [1.165, 1.54) is 10.2 Å². The zero-order chi connectivity index (χ0) is 32.1. The fourth-order valence-corrected chi connectivity index (χ4v) is 5.08. The van der Waals surface area contributed by atoms with Crippen LogP contribution < -0.4 is 10.6 Å². The van der Waals surface area contributed by atoms with Crippen molar-refractivity contribution >= 4 is 29.0 Å². The van der Waals surface area contributed by atoms with Gasteiger partial charge in [0.25, 0.3) is 17.4 Å². The number of hydrogen-bond acceptors (Lipinski definition) is 7. The van der Waals surface area contributed by atoms with Crippen molar-refractivity contribution in [1.29, 1.82) is 0 Å². The summed E-state index contributed by atoms with van der Waals surface area (Å²) in [6.45, 7) is 4.48. The SMILES string of the molecule is C[C@H]1CCCN1C(=O)c1nc(C(=O)NCC(O)(C(F)(F)F)C(F)(F)F)sc1-c1cnc(NC(C)(C)C)cc1C(F)(F)F. The molecule has 0 spiro atoms. The number of carbonyl (C=O) groups excluding carboxylic acids is 2. The van der Waals surface area contributed by atoms with E-state index in [1.807, 2.05) is 0 Å². The highest BCUT2D eigenvalue weighted by Crippen LogP contribution is 2.44. The first-order valence-corrected chi connectivity index (χ1v) is 13.1. The Morgan fingerprint density at radius 1 is 1.07 bits per heavy atom. The van der Waals surface area contributed by atoms with Crippen LogP contribution in [0.2, 0.25) is 0 Å². The predicted molar refractivity (Wildman–Crippen MR) is 133 cm³/mol. The Kier molecular flexibility index (Phi) is 8.87. The number of likely N-dealkylation sites (tertiary alicyclic amines) is 1. The molecule has 0 bridgehead atoms. The molecule has 3 N–H and O–H groups in total. The molecule has 3 heterocycles. The third kappa shape index (κ3) is 6.90. The van der Waals surface area contributed by atoms with Crippen LogP contribution in [0, 0.1) is 0 Å². The minimum absolute atomic E-state index is 0.149. The second kappa shape index (κ2) is 11.2. The van der Waals surface area contributed by atoms with Crippen LogP contribution in [0.1, 0.15) is 66.4 Å². The average molecular weight is 636 g/mol. The monoisotopic (exact) mass is 635 g/mol. The van der Waals surface area contributed by atoms with Gasteiger partial charge in [-0.3, -0.25) is 9.59 Å². The van der Waals surface area contributed by atoms with E-state index >= 15 is 0 Å². The number of alkyl halides is 9. The number of anilines is 1. The van der Waals surface area contributed by atoms with Crippen molar-refractivity contribution in [1.82, 2.24) is 20.2 Å². The lowest BCUT2D eigenvalue weighted by atomic mass is 10.0. The van der Waals surface area contributed by atoms with Crippen molar-refractivity contribution < 1.29 is 54.2 Å². The highest BCUT2D eigenvalue weighted by Gasteiger charge is 2.70. The number of aromatic nitrogens is 2. The van der Waals surface area contributed by atoms with Gasteiger partial charge < -0.3 is 20.6 Å². The quantitative estimate of drug-likeness (QED) is 0.355. The minimum Gasteiger partial charge on any atom is -0.372 e. The summed E-state index contributed by atoms with van der Waals surface area (Å²) in [5, 5.41) is 12.5. The molecule has 3 rings (SSSR count). The number of hydrogen-bond donors (Lipinski definition) is 3. The number of amides is 2. The zero-order valence-electron chi connectivity index (χ0n) is 22.5. The molecule has 1 fully saturated rings. The summed E-state index contributed by atoms with van der Waals surface area (Å²) in [6, 6.07) is 0.302. The summed E-state index contributed by atoms with van der Waals surface area (Å²) in [6.07, 6.45) is -15.6. The number of carbonyl (C=O) groups is 2. The first-order valence-electron chi connectivity index (χ1n) is 12.3. The first kappa shape index (κ1) is 33.4. The van der Waals surface area contributed by atoms with Gasteiger partial charge in [-0.15, -0.1) is 11.3 Å². The van der Waals surface area contributed by atoms with Gasteiger partial charge in [-0.2, -0.15) is 39.5 Å². The van der Waals surface area contributed by atoms with Gasteiger partial charge in [0.15, 0.2) is 5.01 Å². The maximum absolute atomic E-state index is 14.2. The number of halogens is 9. The Morgan fingerprint density at radius 3 is 2.14 bits per heavy atom. The third-order valence-corrected chi connectivity index (χ3v) is 7.32. The Labute approximate surface area is 237 Å². The standard InChI is InChI=1S/C24H26F9N5O3S/c1-11-6-5-7-38(11)19(40)15-16(12-9-34-14(37-20(2,3)4)8-13(12)22(25,26)27)42-18(36-15)17(39)35-10-21(41,23(28,29)30)24(31,32)33/h8-9,11,41H,5-7,10H2,1-4H3,(H,34,37)(H,35,39)/t11-/m0/s1. The molecule has 1 aliphatic heterocycles. The number of pyridine rings is 1. The van der Waals surface area contributed by atoms with Crippen LogP contribution in [0.3, 0.4) is 0 Å². The molecule has 0 unspecified atom stereocenters. The van der Waals surface area contributed by atoms with Gasteiger partial charge >= 0.3 is 18.5 Å². The van der Waals surface area contributed by atoms with Crippen LogP contribution in [-0.4, -0.2) is 74.4 Å². The predicted octanol–water partition coefficient (Wildman–Crippen LogP) is 5.64. The minimum atomic E-state index is -6.24. The molecule has 0 saturated carbocycles. The summed E-state index contributed by atoms with van der Waals surface area (Å²) in [7, 11) is 0. The second-order valence-corrected chi connectivity index (χ2v) is 11.7. The van der Waals surface area contributed by atoms with Crippen molar-refractivity contribution in [2.24, 2.45) is 0 Å². The molecule has 2 aromatic rings. The van der Waals surface area contributed by atoms with Gasteiger partial charge in [-0.25, -0.2) is 9.97 Å². The molecular weight excluding hydrogens is 609 g/mol. The van der Waals surface area contributed by atoms with Crippen LogP contribution in [0.15, 0.2) is 12.3 Å². The second-order valence-electron chi connectivity index (χ2n) is 10.7. The molecule has 0 aliphatic carbocycles. The van der Waals surface area contributed by atoms with Crippen LogP contribution in [0.5, 0.6) is 0 Å². The number of aliphatic hydroxyl groups is 1. The Morgan fingerprint density at radius 2 is 1.67 bits per heavy atom. The number of nitrogens with one attached hydrogen (secondary N) is 2. The number of nitrogens with zero attached hydrogens (tertiary/aromatic N) is 3. The van der Waals surface area contributed by atoms with Crippen molar-refractivity contribution in [2.75, 3.05) is 18.4 Å². The molecule has 42 heavy (non-hydrogen) atoms. The summed E-state index contributed by atoms with van der Waals surface area (Å²) >= 11 is 0.149. The van der Waals surface area contributed by atoms with Gasteiger partial charge in [-0.05, 0) is 46.6 Å². The topological polar surface area (TPSA) is 107 Å². The molecule has 0 radical (unpaired) electrons. The van der Waals surface area contributed by atoms with Gasteiger partial charge in [0.1, 0.15) is 11.5 Å². The van der Waals surface area contributed by atoms with E-state index < -0.39 is 74.7 Å². The lowest BCUT2D eigenvalue weighted by Gasteiger charge is -2.32. The summed E-state index contributed by atoms with van der Waals surface area (Å²) < 4.78 is 121. The molecule has 1 aliphatic rings. The van der Waals surface area contributed by atoms with Gasteiger partial charge in [0, 0.05) is 29.9 Å². The van der Waals surface area contributed by atoms with Crippen molar-refractivity contribution in [3.05, 3.63) is 28.5 Å². The first-order chi connectivity index (χ1) is 19.0. The van der Waals surface area contributed by atoms with Gasteiger partial charge in [-0.1, -0.05) is 0 Å². The molecule has 1 saturated heterocycles. The molecule has 8 nitrogen and oxygen atoms in total. The number of rotatable bonds is 6. The highest BCUT2D eigenvalue weighted by molar-refractivity contribution is 7.17. The van der Waals surface area contributed by atoms with Gasteiger partial charge in [0.2, 0.25) is 0 Å². The molecule has 2 amide bonds. The van der Waals surface area contributed by atoms with E-state index in [4.69, 9.17) is 0 Å². The lowest BCUT2D eigenvalue weighted by Crippen LogP contribution is -2.62. The fraction of sp³-hybridized carbons (Fsp3) is 0.583. The molecule has 2 aromatic heterocycles. The van der Waals surface area contributed by atoms with E-state index in [-0.39, 0.29) is 29.7 Å². The van der Waals surface area contributed by atoms with Crippen molar-refractivity contribution in [2.45, 2.75) is 76.2 Å². The molecule has 1 atom stereocenters. The zero-order valence-corrected chi connectivity index (χ0v) is 23.3. The van der Waals surface area contributed by atoms with E-state index in [0.717, 1.165) is 6.20 Å². The third-order valence-electron chi connectivity index (χ3n) is 6.24. The van der Waals surface area contributed by atoms with E-state index in [0.29, 0.717) is 18.9 Å². The lowest BCUT2D eigenvalue weighted by molar-refractivity contribution is -0.364. The van der Waals surface area contributed by atoms with Crippen LogP contribution >= 0.6 is 11.3 Å². The molecule has 18 heteroatoms. The maximum atomic E-state index is 14.2. The fourth-order valence-electron chi connectivity index (χ4n) is 4.08. The highest BCUT2D eigenvalue weighted by atomic mass is 32.1. The molecule has 0 aromatic carbocycles. The average Bonchev–Trinajstić information content (AvgIpc) is 3.45. The Balaban J connectivity index is 2.13. The summed E-state index contributed by atoms with van der Waals surface area (Å²) in [5.74, 6) is -2.76. The molecule has 234 valence electrons. The van der Waals surface area contributed by atoms with Crippen molar-refractivity contribution in [3.8, 4) is 10.4 Å². The van der Waals surface area contributed by atoms with E-state index in [9.17, 15) is 54.2 Å². The largest absolute Gasteiger partial charge is 0.428 e. The Hall–Kier alpha value is -3.15. The number of thiazole rings is 1. The normalized spacial score (nSPS) is 17.0. The molecular formula is C24H26F9N5O3S. The van der Waals surface area contributed by atoms with Crippen LogP contribution in [-0.2, 0) is 6.18 Å². The van der Waals surface area contributed by atoms with Gasteiger partial charge in [0.05, 0.1) is 17.0 Å². The van der Waals surface area contributed by atoms with E-state index in [1.54, 1.807) is 27.7 Å². The maximum Gasteiger partial charge on any atom is 0.428 e. The van der Waals surface area contributed by atoms with Crippen LogP contribution in [0.25, 0.3) is 10.4 Å². The van der Waals surface area contributed by atoms with Crippen molar-refractivity contribution in [3.63, 3.8) is 0 Å². The summed E-state index contributed by atoms with van der Waals surface area (Å²) in [4.78, 5) is 34.5. The van der Waals surface area contributed by atoms with Crippen LogP contribution in [0.4, 0.5) is 45.3 Å². The van der Waals surface area contributed by atoms with E-state index in [2.05, 4.69) is 15.3 Å². The summed E-state index contributed by atoms with van der Waals surface area (Å²) in [5.41, 5.74) is -8.66. The smallest absolute Gasteiger partial charge is 0.372 e.